The van der Waals surface area contributed by atoms with Gasteiger partial charge in [0.05, 0.1) is 33.4 Å². The monoisotopic (exact) mass is 1040 g/mol. The third-order valence-corrected chi connectivity index (χ3v) is 17.5. The molecule has 16 nitrogen and oxygen atoms in total. The fraction of sp³-hybridized carbons (Fsp3) is 0.393. The normalized spacial score (nSPS) is 19.7. The van der Waals surface area contributed by atoms with Gasteiger partial charge in [-0.25, -0.2) is 9.97 Å². The van der Waals surface area contributed by atoms with E-state index >= 15 is 0 Å². The van der Waals surface area contributed by atoms with Gasteiger partial charge in [0.1, 0.15) is 11.6 Å². The van der Waals surface area contributed by atoms with E-state index in [0.29, 0.717) is 71.7 Å². The van der Waals surface area contributed by atoms with Crippen LogP contribution in [0.5, 0.6) is 5.75 Å². The first-order valence-corrected chi connectivity index (χ1v) is 28.4. The van der Waals surface area contributed by atoms with Crippen LogP contribution in [0, 0.1) is 12.8 Å². The highest BCUT2D eigenvalue weighted by molar-refractivity contribution is 7.60. The molecule has 4 N–H and O–H groups in total. The minimum absolute atomic E-state index is 0.0689. The molecule has 74 heavy (non-hydrogen) atoms. The number of benzene rings is 4. The fourth-order valence-electron chi connectivity index (χ4n) is 11.6. The number of fused-ring (bicyclic) bond motifs is 3. The molecular formula is C56H62N9O7PS. The zero-order valence-electron chi connectivity index (χ0n) is 41.8. The number of hydrogen-bond donors (Lipinski definition) is 4. The van der Waals surface area contributed by atoms with E-state index in [1.54, 1.807) is 12.1 Å². The third-order valence-electron chi connectivity index (χ3n) is 15.7. The number of aromatic nitrogens is 4. The number of piperazine rings is 1. The number of aryl methyl sites for hydroxylation is 1. The number of amides is 3. The van der Waals surface area contributed by atoms with Crippen LogP contribution >= 0.6 is 18.9 Å². The number of thiazole rings is 1. The molecule has 0 bridgehead atoms. The van der Waals surface area contributed by atoms with Gasteiger partial charge in [0.25, 0.3) is 5.91 Å². The molecule has 4 aromatic carbocycles. The van der Waals surface area contributed by atoms with Crippen LogP contribution in [0.15, 0.2) is 91.0 Å². The summed E-state index contributed by atoms with van der Waals surface area (Å²) < 4.78 is 22.7. The number of anilines is 3. The smallest absolute Gasteiger partial charge is 0.375 e. The van der Waals surface area contributed by atoms with Crippen molar-refractivity contribution in [2.75, 3.05) is 54.4 Å². The molecule has 2 saturated heterocycles. The lowest BCUT2D eigenvalue weighted by atomic mass is 9.84. The lowest BCUT2D eigenvalue weighted by Gasteiger charge is -2.36. The number of pyridine rings is 1. The Balaban J connectivity index is 0.658. The third kappa shape index (κ3) is 10.5. The van der Waals surface area contributed by atoms with Crippen molar-refractivity contribution in [3.63, 3.8) is 0 Å². The van der Waals surface area contributed by atoms with Gasteiger partial charge < -0.3 is 24.3 Å². The van der Waals surface area contributed by atoms with Gasteiger partial charge in [0.15, 0.2) is 10.6 Å². The van der Waals surface area contributed by atoms with Gasteiger partial charge in [-0.1, -0.05) is 60.6 Å². The maximum absolute atomic E-state index is 13.7. The summed E-state index contributed by atoms with van der Waals surface area (Å²) in [5.41, 5.74) is 7.72. The topological polar surface area (TPSA) is 195 Å². The number of ether oxygens (including phenoxy) is 1. The van der Waals surface area contributed by atoms with Crippen LogP contribution in [0.1, 0.15) is 96.4 Å². The van der Waals surface area contributed by atoms with Gasteiger partial charge in [0.2, 0.25) is 11.8 Å². The maximum Gasteiger partial charge on any atom is 0.375 e. The van der Waals surface area contributed by atoms with Crippen LogP contribution < -0.4 is 30.6 Å². The fourth-order valence-corrected chi connectivity index (χ4v) is 13.2. The summed E-state index contributed by atoms with van der Waals surface area (Å²) in [6.07, 6.45) is 9.27. The predicted octanol–water partition coefficient (Wildman–Crippen LogP) is 8.62. The standard InChI is InChI=1S/C56H62N9O7PS/c1-35-40(42-22-24-50(58-55(42)73(69,70)71)65-28-26-37-10-7-12-41(45(37)34-65)53(67)60-56-57-46-13-3-4-15-49(46)74-56)11-8-14-48(35)72-39-19-16-36(17-20-39)9-5-6-27-63-29-31-64(32-30-63)38-18-21-43-47(33-38)62(2)61-52(43)44-23-25-51(66)59-54(44)68/h3-4,7-8,10-15,18,21-22,24,33,36,39,44H,5-6,9,16-17,19-20,23,25-32,34H2,1-2H3,(H,57,60,67)(H,59,66,68)(H2,69,70,71). The maximum atomic E-state index is 13.7. The highest BCUT2D eigenvalue weighted by Gasteiger charge is 2.33. The van der Waals surface area contributed by atoms with Crippen molar-refractivity contribution >= 4 is 79.8 Å². The molecule has 0 radical (unpaired) electrons. The quantitative estimate of drug-likeness (QED) is 0.0460. The number of rotatable bonds is 14. The zero-order valence-corrected chi connectivity index (χ0v) is 43.5. The Hall–Kier alpha value is -6.49. The molecule has 1 aliphatic carbocycles. The molecule has 11 rings (SSSR count). The Labute approximate surface area is 434 Å². The Morgan fingerprint density at radius 2 is 1.66 bits per heavy atom. The van der Waals surface area contributed by atoms with Gasteiger partial charge in [-0.05, 0) is 141 Å². The highest BCUT2D eigenvalue weighted by atomic mass is 32.1. The van der Waals surface area contributed by atoms with Crippen molar-refractivity contribution in [1.29, 1.82) is 0 Å². The second-order valence-corrected chi connectivity index (χ2v) is 22.9. The summed E-state index contributed by atoms with van der Waals surface area (Å²) >= 11 is 1.42. The molecule has 3 fully saturated rings. The molecule has 3 amide bonds. The van der Waals surface area contributed by atoms with Crippen LogP contribution in [-0.2, 0) is 34.2 Å². The summed E-state index contributed by atoms with van der Waals surface area (Å²) in [6, 6.07) is 29.1. The number of hydrogen-bond acceptors (Lipinski definition) is 12. The minimum Gasteiger partial charge on any atom is -0.490 e. The Bertz CT molecular complexity index is 3290. The van der Waals surface area contributed by atoms with E-state index in [2.05, 4.69) is 48.6 Å². The summed E-state index contributed by atoms with van der Waals surface area (Å²) in [5, 5.41) is 11.7. The van der Waals surface area contributed by atoms with Crippen molar-refractivity contribution in [2.45, 2.75) is 89.7 Å². The number of carbonyl (C=O) groups is 3. The summed E-state index contributed by atoms with van der Waals surface area (Å²) in [5.74, 6) is 0.671. The molecule has 1 unspecified atom stereocenters. The molecule has 3 aliphatic heterocycles. The van der Waals surface area contributed by atoms with Gasteiger partial charge in [-0.15, -0.1) is 0 Å². The molecule has 6 heterocycles. The van der Waals surface area contributed by atoms with Crippen LogP contribution in [0.25, 0.3) is 32.2 Å². The predicted molar refractivity (Wildman–Crippen MR) is 290 cm³/mol. The van der Waals surface area contributed by atoms with E-state index in [-0.39, 0.29) is 29.3 Å². The molecule has 7 aromatic rings. The van der Waals surface area contributed by atoms with Crippen LogP contribution in [0.3, 0.4) is 0 Å². The number of nitrogens with zero attached hydrogens (tertiary/aromatic N) is 7. The highest BCUT2D eigenvalue weighted by Crippen LogP contribution is 2.42. The number of nitrogens with one attached hydrogen (secondary N) is 2. The average Bonchev–Trinajstić information content (AvgIpc) is 3.97. The number of para-hydroxylation sites is 1. The molecule has 3 aromatic heterocycles. The number of piperidine rings is 1. The minimum atomic E-state index is -4.84. The van der Waals surface area contributed by atoms with Gasteiger partial charge >= 0.3 is 7.60 Å². The lowest BCUT2D eigenvalue weighted by molar-refractivity contribution is -0.134. The molecule has 4 aliphatic rings. The van der Waals surface area contributed by atoms with E-state index in [4.69, 9.17) is 9.84 Å². The number of imide groups is 1. The summed E-state index contributed by atoms with van der Waals surface area (Å²) in [4.78, 5) is 75.8. The van der Waals surface area contributed by atoms with Crippen LogP contribution in [0.4, 0.5) is 16.6 Å². The van der Waals surface area contributed by atoms with Crippen LogP contribution in [0.2, 0.25) is 0 Å². The van der Waals surface area contributed by atoms with Gasteiger partial charge in [-0.2, -0.15) is 5.10 Å². The molecular weight excluding hydrogens is 974 g/mol. The second-order valence-electron chi connectivity index (χ2n) is 20.4. The molecule has 1 atom stereocenters. The van der Waals surface area contributed by atoms with E-state index in [9.17, 15) is 28.7 Å². The van der Waals surface area contributed by atoms with Crippen molar-refractivity contribution in [3.05, 3.63) is 119 Å². The molecule has 384 valence electrons. The van der Waals surface area contributed by atoms with Crippen molar-refractivity contribution in [3.8, 4) is 16.9 Å². The van der Waals surface area contributed by atoms with E-state index < -0.39 is 13.5 Å². The van der Waals surface area contributed by atoms with E-state index in [0.717, 1.165) is 108 Å². The van der Waals surface area contributed by atoms with E-state index in [1.807, 2.05) is 84.2 Å². The Morgan fingerprint density at radius 1 is 0.851 bits per heavy atom. The second kappa shape index (κ2) is 21.0. The first-order valence-electron chi connectivity index (χ1n) is 26.0. The van der Waals surface area contributed by atoms with Crippen molar-refractivity contribution < 1.29 is 33.5 Å². The SMILES string of the molecule is Cc1c(OC2CCC(CCCCN3CCN(c4ccc5c(C6CCC(=O)NC6=O)nn(C)c5c4)CC3)CC2)cccc1-c1ccc(N2CCc3cccc(C(=O)Nc4nc5ccccc5s4)c3C2)nc1P(=O)(O)O. The Kier molecular flexibility index (Phi) is 14.1. The molecule has 1 saturated carbocycles. The largest absolute Gasteiger partial charge is 0.490 e. The summed E-state index contributed by atoms with van der Waals surface area (Å²) in [6.45, 7) is 7.90. The molecule has 0 spiro atoms. The summed E-state index contributed by atoms with van der Waals surface area (Å²) in [7, 11) is -2.92. The van der Waals surface area contributed by atoms with E-state index in [1.165, 1.54) is 30.6 Å². The van der Waals surface area contributed by atoms with Crippen LogP contribution in [-0.4, -0.2) is 97.5 Å². The first kappa shape index (κ1) is 49.7. The molecule has 18 heteroatoms. The number of carbonyl (C=O) groups excluding carboxylic acids is 3. The first-order chi connectivity index (χ1) is 35.8. The van der Waals surface area contributed by atoms with Gasteiger partial charge in [0, 0.05) is 74.9 Å². The van der Waals surface area contributed by atoms with Crippen molar-refractivity contribution in [2.24, 2.45) is 13.0 Å². The average molecular weight is 1040 g/mol. The Morgan fingerprint density at radius 3 is 2.46 bits per heavy atom. The number of unbranched alkanes of at least 4 members (excludes halogenated alkanes) is 1. The zero-order chi connectivity index (χ0) is 51.1. The lowest BCUT2D eigenvalue weighted by Crippen LogP contribution is -2.46. The van der Waals surface area contributed by atoms with Crippen molar-refractivity contribution in [1.82, 2.24) is 30.0 Å². The van der Waals surface area contributed by atoms with Gasteiger partial charge in [-0.3, -0.25) is 39.2 Å².